The number of ether oxygens (including phenoxy) is 3. The van der Waals surface area contributed by atoms with Crippen LogP contribution in [0, 0.1) is 12.7 Å². The second-order valence-electron chi connectivity index (χ2n) is 6.86. The van der Waals surface area contributed by atoms with Gasteiger partial charge in [0.2, 0.25) is 11.7 Å². The smallest absolute Gasteiger partial charge is 0.224 e. The van der Waals surface area contributed by atoms with E-state index in [9.17, 15) is 14.3 Å². The Bertz CT molecular complexity index is 1010. The number of carbonyl (C=O) groups excluding carboxylic acids is 1. The van der Waals surface area contributed by atoms with Crippen molar-refractivity contribution >= 4 is 16.8 Å². The maximum Gasteiger partial charge on any atom is 0.224 e. The predicted octanol–water partition coefficient (Wildman–Crippen LogP) is 2.73. The van der Waals surface area contributed by atoms with Gasteiger partial charge in [0.1, 0.15) is 18.5 Å². The average molecular weight is 416 g/mol. The van der Waals surface area contributed by atoms with Crippen molar-refractivity contribution < 1.29 is 28.5 Å². The Balaban J connectivity index is 1.56. The summed E-state index contributed by atoms with van der Waals surface area (Å²) >= 11 is 0. The fourth-order valence-corrected chi connectivity index (χ4v) is 3.24. The van der Waals surface area contributed by atoms with Crippen LogP contribution in [0.1, 0.15) is 11.3 Å². The van der Waals surface area contributed by atoms with Crippen LogP contribution in [0.25, 0.3) is 10.9 Å². The van der Waals surface area contributed by atoms with Crippen molar-refractivity contribution in [3.63, 3.8) is 0 Å². The lowest BCUT2D eigenvalue weighted by Crippen LogP contribution is -2.36. The summed E-state index contributed by atoms with van der Waals surface area (Å²) in [7, 11) is 3.02. The third-order valence-corrected chi connectivity index (χ3v) is 4.76. The number of aliphatic hydroxyl groups is 1. The van der Waals surface area contributed by atoms with Crippen LogP contribution in [0.5, 0.6) is 17.2 Å². The second-order valence-corrected chi connectivity index (χ2v) is 6.86. The molecular weight excluding hydrogens is 391 g/mol. The molecular formula is C22H25FN2O5. The number of hydrogen-bond donors (Lipinski definition) is 3. The fraction of sp³-hybridized carbons (Fsp3) is 0.318. The number of H-pyrrole nitrogens is 1. The van der Waals surface area contributed by atoms with E-state index in [1.807, 2.05) is 6.92 Å². The summed E-state index contributed by atoms with van der Waals surface area (Å²) in [4.78, 5) is 15.5. The Kier molecular flexibility index (Phi) is 6.79. The molecule has 160 valence electrons. The van der Waals surface area contributed by atoms with Gasteiger partial charge in [0.05, 0.1) is 20.6 Å². The van der Waals surface area contributed by atoms with E-state index in [-0.39, 0.29) is 31.3 Å². The Morgan fingerprint density at radius 2 is 1.90 bits per heavy atom. The first-order valence-electron chi connectivity index (χ1n) is 9.48. The van der Waals surface area contributed by atoms with Gasteiger partial charge < -0.3 is 29.6 Å². The van der Waals surface area contributed by atoms with Gasteiger partial charge in [-0.3, -0.25) is 4.79 Å². The molecule has 0 radical (unpaired) electrons. The molecule has 0 spiro atoms. The quantitative estimate of drug-likeness (QED) is 0.499. The highest BCUT2D eigenvalue weighted by atomic mass is 19.1. The number of fused-ring (bicyclic) bond motifs is 1. The lowest BCUT2D eigenvalue weighted by molar-refractivity contribution is -0.121. The topological polar surface area (TPSA) is 92.8 Å². The van der Waals surface area contributed by atoms with Crippen LogP contribution < -0.4 is 19.5 Å². The fourth-order valence-electron chi connectivity index (χ4n) is 3.24. The number of nitrogens with one attached hydrogen (secondary N) is 2. The number of halogens is 1. The molecule has 3 rings (SSSR count). The molecule has 1 atom stereocenters. The first-order valence-corrected chi connectivity index (χ1v) is 9.48. The second kappa shape index (κ2) is 9.49. The van der Waals surface area contributed by atoms with E-state index in [1.54, 1.807) is 24.3 Å². The summed E-state index contributed by atoms with van der Waals surface area (Å²) in [6.07, 6.45) is -0.867. The number of aromatic nitrogens is 1. The van der Waals surface area contributed by atoms with Gasteiger partial charge in [0.15, 0.2) is 11.5 Å². The number of benzene rings is 2. The first kappa shape index (κ1) is 21.4. The van der Waals surface area contributed by atoms with Crippen molar-refractivity contribution in [2.24, 2.45) is 0 Å². The zero-order valence-electron chi connectivity index (χ0n) is 17.1. The summed E-state index contributed by atoms with van der Waals surface area (Å²) in [5.41, 5.74) is 2.31. The maximum atomic E-state index is 13.6. The van der Waals surface area contributed by atoms with Crippen LogP contribution >= 0.6 is 0 Å². The molecule has 30 heavy (non-hydrogen) atoms. The minimum atomic E-state index is -0.940. The van der Waals surface area contributed by atoms with E-state index in [2.05, 4.69) is 10.3 Å². The number of rotatable bonds is 9. The van der Waals surface area contributed by atoms with E-state index >= 15 is 0 Å². The van der Waals surface area contributed by atoms with E-state index in [4.69, 9.17) is 14.2 Å². The van der Waals surface area contributed by atoms with Crippen LogP contribution in [0.4, 0.5) is 4.39 Å². The Labute approximate surface area is 173 Å². The number of hydrogen-bond acceptors (Lipinski definition) is 5. The first-order chi connectivity index (χ1) is 14.4. The van der Waals surface area contributed by atoms with E-state index in [0.29, 0.717) is 22.6 Å². The van der Waals surface area contributed by atoms with E-state index in [0.717, 1.165) is 16.8 Å². The van der Waals surface area contributed by atoms with E-state index in [1.165, 1.54) is 26.4 Å². The number of para-hydroxylation sites is 1. The van der Waals surface area contributed by atoms with Crippen LogP contribution in [0.2, 0.25) is 0 Å². The zero-order valence-corrected chi connectivity index (χ0v) is 17.1. The normalized spacial score (nSPS) is 11.9. The molecule has 0 saturated carbocycles. The largest absolute Gasteiger partial charge is 0.493 e. The molecule has 1 amide bonds. The molecule has 1 aromatic heterocycles. The van der Waals surface area contributed by atoms with Crippen molar-refractivity contribution in [2.75, 3.05) is 27.4 Å². The van der Waals surface area contributed by atoms with Gasteiger partial charge in [-0.05, 0) is 42.8 Å². The van der Waals surface area contributed by atoms with Gasteiger partial charge in [-0.2, -0.15) is 0 Å². The molecule has 7 nitrogen and oxygen atoms in total. The van der Waals surface area contributed by atoms with Crippen molar-refractivity contribution in [2.45, 2.75) is 19.4 Å². The molecule has 0 aliphatic heterocycles. The number of methoxy groups -OCH3 is 2. The van der Waals surface area contributed by atoms with Crippen LogP contribution in [0.3, 0.4) is 0 Å². The summed E-state index contributed by atoms with van der Waals surface area (Å²) in [6.45, 7) is 1.78. The summed E-state index contributed by atoms with van der Waals surface area (Å²) in [5, 5.41) is 13.6. The molecule has 0 aliphatic carbocycles. The Hall–Kier alpha value is -3.26. The van der Waals surface area contributed by atoms with Crippen molar-refractivity contribution in [1.82, 2.24) is 10.3 Å². The van der Waals surface area contributed by atoms with E-state index < -0.39 is 6.10 Å². The molecule has 3 N–H and O–H groups in total. The summed E-state index contributed by atoms with van der Waals surface area (Å²) in [6, 6.07) is 9.63. The molecule has 2 aromatic carbocycles. The summed E-state index contributed by atoms with van der Waals surface area (Å²) < 4.78 is 29.7. The monoisotopic (exact) mass is 416 g/mol. The number of aromatic amines is 1. The number of amides is 1. The van der Waals surface area contributed by atoms with Crippen LogP contribution in [0.15, 0.2) is 36.4 Å². The Morgan fingerprint density at radius 1 is 1.20 bits per heavy atom. The molecule has 3 aromatic rings. The van der Waals surface area contributed by atoms with Crippen LogP contribution in [-0.2, 0) is 11.2 Å². The molecule has 0 bridgehead atoms. The van der Waals surface area contributed by atoms with Gasteiger partial charge in [-0.25, -0.2) is 4.39 Å². The lowest BCUT2D eigenvalue weighted by Gasteiger charge is -2.17. The molecule has 0 fully saturated rings. The molecule has 1 heterocycles. The molecule has 8 heteroatoms. The average Bonchev–Trinajstić information content (AvgIpc) is 3.04. The molecule has 0 aliphatic rings. The van der Waals surface area contributed by atoms with Gasteiger partial charge >= 0.3 is 0 Å². The predicted molar refractivity (Wildman–Crippen MR) is 111 cm³/mol. The SMILES string of the molecule is COc1cccc(OC)c1OCC(O)CNC(=O)Cc1c(C)[nH]c2ccc(F)cc12. The zero-order chi connectivity index (χ0) is 21.7. The highest BCUT2D eigenvalue weighted by Crippen LogP contribution is 2.36. The number of aliphatic hydroxyl groups excluding tert-OH is 1. The Morgan fingerprint density at radius 3 is 2.57 bits per heavy atom. The van der Waals surface area contributed by atoms with Gasteiger partial charge in [-0.15, -0.1) is 0 Å². The van der Waals surface area contributed by atoms with Crippen LogP contribution in [-0.4, -0.2) is 49.5 Å². The van der Waals surface area contributed by atoms with Crippen molar-refractivity contribution in [3.05, 3.63) is 53.5 Å². The third kappa shape index (κ3) is 4.83. The molecule has 1 unspecified atom stereocenters. The van der Waals surface area contributed by atoms with Gasteiger partial charge in [-0.1, -0.05) is 6.07 Å². The minimum Gasteiger partial charge on any atom is -0.493 e. The van der Waals surface area contributed by atoms with Crippen molar-refractivity contribution in [1.29, 1.82) is 0 Å². The number of aryl methyl sites for hydroxylation is 1. The minimum absolute atomic E-state index is 0.00601. The molecule has 0 saturated heterocycles. The highest BCUT2D eigenvalue weighted by molar-refractivity contribution is 5.90. The van der Waals surface area contributed by atoms with Crippen molar-refractivity contribution in [3.8, 4) is 17.2 Å². The highest BCUT2D eigenvalue weighted by Gasteiger charge is 2.16. The maximum absolute atomic E-state index is 13.6. The van der Waals surface area contributed by atoms with Gasteiger partial charge in [0, 0.05) is 23.1 Å². The summed E-state index contributed by atoms with van der Waals surface area (Å²) in [5.74, 6) is 0.698. The number of carbonyl (C=O) groups is 1. The van der Waals surface area contributed by atoms with Gasteiger partial charge in [0.25, 0.3) is 0 Å². The third-order valence-electron chi connectivity index (χ3n) is 4.76. The standard InChI is InChI=1S/C22H25FN2O5/c1-13-16(17-9-14(23)7-8-18(17)25-13)10-21(27)24-11-15(26)12-30-22-19(28-2)5-4-6-20(22)29-3/h4-9,15,25-26H,10-12H2,1-3H3,(H,24,27). The lowest BCUT2D eigenvalue weighted by atomic mass is 10.1.